The lowest BCUT2D eigenvalue weighted by Gasteiger charge is -2.32. The van der Waals surface area contributed by atoms with Crippen molar-refractivity contribution in [3.63, 3.8) is 0 Å². The normalized spacial score (nSPS) is 20.7. The van der Waals surface area contributed by atoms with Crippen LogP contribution in [-0.4, -0.2) is 30.3 Å². The van der Waals surface area contributed by atoms with E-state index in [-0.39, 0.29) is 5.69 Å². The minimum absolute atomic E-state index is 0.215. The summed E-state index contributed by atoms with van der Waals surface area (Å²) in [6, 6.07) is 4.19. The predicted octanol–water partition coefficient (Wildman–Crippen LogP) is 4.25. The number of anilines is 1. The zero-order valence-corrected chi connectivity index (χ0v) is 12.9. The van der Waals surface area contributed by atoms with E-state index in [1.54, 1.807) is 11.8 Å². The standard InChI is InChI=1S/C15H21F3N2S/c1-20-8-3-2-4-12(20)7-9-21-14-6-5-11(10-13(14)19)15(16,17)18/h5-6,10,12H,2-4,7-9,19H2,1H3. The third-order valence-electron chi connectivity index (χ3n) is 3.97. The molecule has 2 N–H and O–H groups in total. The van der Waals surface area contributed by atoms with Crippen molar-refractivity contribution >= 4 is 17.4 Å². The summed E-state index contributed by atoms with van der Waals surface area (Å²) in [5, 5.41) is 0. The molecule has 21 heavy (non-hydrogen) atoms. The Morgan fingerprint density at radius 1 is 1.33 bits per heavy atom. The van der Waals surface area contributed by atoms with Gasteiger partial charge in [-0.25, -0.2) is 0 Å². The van der Waals surface area contributed by atoms with Gasteiger partial charge in [0.05, 0.1) is 5.56 Å². The molecule has 0 aliphatic carbocycles. The molecule has 1 heterocycles. The molecule has 1 unspecified atom stereocenters. The molecule has 2 nitrogen and oxygen atoms in total. The second kappa shape index (κ2) is 6.92. The number of benzene rings is 1. The van der Waals surface area contributed by atoms with Crippen LogP contribution in [0.4, 0.5) is 18.9 Å². The molecular weight excluding hydrogens is 297 g/mol. The van der Waals surface area contributed by atoms with Gasteiger partial charge in [0.15, 0.2) is 0 Å². The number of nitrogens with two attached hydrogens (primary N) is 1. The van der Waals surface area contributed by atoms with Gasteiger partial charge < -0.3 is 10.6 Å². The van der Waals surface area contributed by atoms with Gasteiger partial charge in [0.2, 0.25) is 0 Å². The van der Waals surface area contributed by atoms with Crippen LogP contribution < -0.4 is 5.73 Å². The monoisotopic (exact) mass is 318 g/mol. The molecule has 6 heteroatoms. The fraction of sp³-hybridized carbons (Fsp3) is 0.600. The molecule has 1 aromatic carbocycles. The fourth-order valence-corrected chi connectivity index (χ4v) is 3.67. The second-order valence-electron chi connectivity index (χ2n) is 5.52. The van der Waals surface area contributed by atoms with E-state index in [9.17, 15) is 13.2 Å². The van der Waals surface area contributed by atoms with Crippen LogP contribution in [0.3, 0.4) is 0 Å². The predicted molar refractivity (Wildman–Crippen MR) is 81.5 cm³/mol. The van der Waals surface area contributed by atoms with Crippen molar-refractivity contribution in [2.45, 2.75) is 42.8 Å². The summed E-state index contributed by atoms with van der Waals surface area (Å²) < 4.78 is 37.7. The van der Waals surface area contributed by atoms with E-state index < -0.39 is 11.7 Å². The zero-order chi connectivity index (χ0) is 15.5. The van der Waals surface area contributed by atoms with Gasteiger partial charge >= 0.3 is 6.18 Å². The van der Waals surface area contributed by atoms with Gasteiger partial charge in [-0.1, -0.05) is 6.42 Å². The summed E-state index contributed by atoms with van der Waals surface area (Å²) in [6.45, 7) is 1.14. The summed E-state index contributed by atoms with van der Waals surface area (Å²) in [5.41, 5.74) is 5.26. The van der Waals surface area contributed by atoms with Gasteiger partial charge in [0.25, 0.3) is 0 Å². The number of halogens is 3. The van der Waals surface area contributed by atoms with Crippen molar-refractivity contribution in [1.29, 1.82) is 0 Å². The van der Waals surface area contributed by atoms with Crippen LogP contribution in [-0.2, 0) is 6.18 Å². The van der Waals surface area contributed by atoms with E-state index in [0.717, 1.165) is 35.7 Å². The molecule has 0 bridgehead atoms. The van der Waals surface area contributed by atoms with Crippen LogP contribution in [0.5, 0.6) is 0 Å². The lowest BCUT2D eigenvalue weighted by Crippen LogP contribution is -2.36. The molecule has 1 aliphatic heterocycles. The Kier molecular flexibility index (Phi) is 5.43. The molecule has 1 saturated heterocycles. The van der Waals surface area contributed by atoms with Crippen molar-refractivity contribution in [3.8, 4) is 0 Å². The number of nitrogens with zero attached hydrogens (tertiary/aromatic N) is 1. The molecule has 0 aromatic heterocycles. The summed E-state index contributed by atoms with van der Waals surface area (Å²) >= 11 is 1.54. The van der Waals surface area contributed by atoms with Gasteiger partial charge in [-0.05, 0) is 56.8 Å². The SMILES string of the molecule is CN1CCCCC1CCSc1ccc(C(F)(F)F)cc1N. The van der Waals surface area contributed by atoms with E-state index in [1.807, 2.05) is 0 Å². The maximum absolute atomic E-state index is 12.6. The Labute approximate surface area is 127 Å². The van der Waals surface area contributed by atoms with Crippen LogP contribution in [0.2, 0.25) is 0 Å². The number of hydrogen-bond acceptors (Lipinski definition) is 3. The van der Waals surface area contributed by atoms with Crippen molar-refractivity contribution in [3.05, 3.63) is 23.8 Å². The number of rotatable bonds is 4. The summed E-state index contributed by atoms with van der Waals surface area (Å²) in [7, 11) is 2.14. The zero-order valence-electron chi connectivity index (χ0n) is 12.1. The Balaban J connectivity index is 1.88. The van der Waals surface area contributed by atoms with Crippen molar-refractivity contribution in [2.75, 3.05) is 25.1 Å². The van der Waals surface area contributed by atoms with Gasteiger partial charge in [-0.3, -0.25) is 0 Å². The number of likely N-dealkylation sites (tertiary alicyclic amines) is 1. The average molecular weight is 318 g/mol. The maximum atomic E-state index is 12.6. The van der Waals surface area contributed by atoms with E-state index >= 15 is 0 Å². The molecule has 0 spiro atoms. The lowest BCUT2D eigenvalue weighted by atomic mass is 10.0. The quantitative estimate of drug-likeness (QED) is 0.664. The van der Waals surface area contributed by atoms with Crippen molar-refractivity contribution in [1.82, 2.24) is 4.90 Å². The van der Waals surface area contributed by atoms with E-state index in [1.165, 1.54) is 25.3 Å². The van der Waals surface area contributed by atoms with Crippen LogP contribution in [0.25, 0.3) is 0 Å². The van der Waals surface area contributed by atoms with E-state index in [2.05, 4.69) is 11.9 Å². The number of thioether (sulfide) groups is 1. The number of nitrogen functional groups attached to an aromatic ring is 1. The highest BCUT2D eigenvalue weighted by Crippen LogP contribution is 2.34. The Morgan fingerprint density at radius 3 is 2.71 bits per heavy atom. The molecule has 1 atom stereocenters. The second-order valence-corrected chi connectivity index (χ2v) is 6.65. The lowest BCUT2D eigenvalue weighted by molar-refractivity contribution is -0.137. The maximum Gasteiger partial charge on any atom is 0.416 e. The van der Waals surface area contributed by atoms with Crippen LogP contribution in [0.1, 0.15) is 31.2 Å². The molecular formula is C15H21F3N2S. The molecule has 0 amide bonds. The van der Waals surface area contributed by atoms with E-state index in [4.69, 9.17) is 5.73 Å². The number of alkyl halides is 3. The first-order chi connectivity index (χ1) is 9.88. The van der Waals surface area contributed by atoms with Crippen LogP contribution in [0, 0.1) is 0 Å². The molecule has 1 fully saturated rings. The summed E-state index contributed by atoms with van der Waals surface area (Å²) in [4.78, 5) is 3.11. The first-order valence-electron chi connectivity index (χ1n) is 7.17. The van der Waals surface area contributed by atoms with E-state index in [0.29, 0.717) is 6.04 Å². The highest BCUT2D eigenvalue weighted by Gasteiger charge is 2.30. The molecule has 0 saturated carbocycles. The van der Waals surface area contributed by atoms with Gasteiger partial charge in [-0.15, -0.1) is 11.8 Å². The molecule has 0 radical (unpaired) electrons. The van der Waals surface area contributed by atoms with Gasteiger partial charge in [-0.2, -0.15) is 13.2 Å². The van der Waals surface area contributed by atoms with Gasteiger partial charge in [0.1, 0.15) is 0 Å². The summed E-state index contributed by atoms with van der Waals surface area (Å²) in [5.74, 6) is 0.880. The minimum atomic E-state index is -4.33. The largest absolute Gasteiger partial charge is 0.416 e. The summed E-state index contributed by atoms with van der Waals surface area (Å²) in [6.07, 6.45) is 0.442. The average Bonchev–Trinajstić information content (AvgIpc) is 2.41. The molecule has 1 aromatic rings. The van der Waals surface area contributed by atoms with Crippen molar-refractivity contribution < 1.29 is 13.2 Å². The number of hydrogen-bond donors (Lipinski definition) is 1. The van der Waals surface area contributed by atoms with Crippen LogP contribution >= 0.6 is 11.8 Å². The van der Waals surface area contributed by atoms with Gasteiger partial charge in [0, 0.05) is 16.6 Å². The number of piperidine rings is 1. The van der Waals surface area contributed by atoms with Crippen molar-refractivity contribution in [2.24, 2.45) is 0 Å². The molecule has 1 aliphatic rings. The minimum Gasteiger partial charge on any atom is -0.398 e. The smallest absolute Gasteiger partial charge is 0.398 e. The Hall–Kier alpha value is -0.880. The Bertz CT molecular complexity index is 476. The topological polar surface area (TPSA) is 29.3 Å². The first kappa shape index (κ1) is 16.5. The third-order valence-corrected chi connectivity index (χ3v) is 5.09. The fourth-order valence-electron chi connectivity index (χ4n) is 2.67. The Morgan fingerprint density at radius 2 is 2.10 bits per heavy atom. The highest BCUT2D eigenvalue weighted by molar-refractivity contribution is 7.99. The molecule has 2 rings (SSSR count). The third kappa shape index (κ3) is 4.54. The molecule has 118 valence electrons. The first-order valence-corrected chi connectivity index (χ1v) is 8.16. The highest BCUT2D eigenvalue weighted by atomic mass is 32.2. The van der Waals surface area contributed by atoms with Crippen LogP contribution in [0.15, 0.2) is 23.1 Å².